The highest BCUT2D eigenvalue weighted by Gasteiger charge is 2.23. The highest BCUT2D eigenvalue weighted by atomic mass is 16.5. The lowest BCUT2D eigenvalue weighted by atomic mass is 10.0. The normalized spacial score (nSPS) is 17.5. The van der Waals surface area contributed by atoms with E-state index in [0.29, 0.717) is 5.88 Å². The van der Waals surface area contributed by atoms with Crippen LogP contribution in [0, 0.1) is 5.92 Å². The Labute approximate surface area is 153 Å². The number of hydrogen-bond acceptors (Lipinski definition) is 5. The molecule has 2 aromatic heterocycles. The van der Waals surface area contributed by atoms with Gasteiger partial charge in [0.2, 0.25) is 5.88 Å². The summed E-state index contributed by atoms with van der Waals surface area (Å²) in [5, 5.41) is 4.27. The first-order valence-electron chi connectivity index (χ1n) is 8.97. The van der Waals surface area contributed by atoms with Crippen molar-refractivity contribution < 1.29 is 4.74 Å². The fraction of sp³-hybridized carbons (Fsp3) is 0.350. The minimum Gasteiger partial charge on any atom is -0.438 e. The number of nitrogens with zero attached hydrogens (tertiary/aromatic N) is 5. The molecule has 0 N–H and O–H groups in total. The standard InChI is InChI=1S/C20H23N5O/c1-24-13-18(11-23-24)10-17-6-9-25(15-17)14-16-2-4-19(5-3-16)26-20-12-21-7-8-22-20/h2-5,7-8,11-13,17H,6,9-10,14-15H2,1H3/t17-/m0/s1. The van der Waals surface area contributed by atoms with Gasteiger partial charge in [-0.2, -0.15) is 5.10 Å². The van der Waals surface area contributed by atoms with Crippen LogP contribution >= 0.6 is 0 Å². The average molecular weight is 349 g/mol. The number of rotatable bonds is 6. The molecule has 1 fully saturated rings. The summed E-state index contributed by atoms with van der Waals surface area (Å²) >= 11 is 0. The maximum Gasteiger partial charge on any atom is 0.237 e. The molecule has 1 aliphatic rings. The summed E-state index contributed by atoms with van der Waals surface area (Å²) in [7, 11) is 1.97. The summed E-state index contributed by atoms with van der Waals surface area (Å²) in [6.07, 6.45) is 11.3. The smallest absolute Gasteiger partial charge is 0.237 e. The number of ether oxygens (including phenoxy) is 1. The Morgan fingerprint density at radius 1 is 1.12 bits per heavy atom. The maximum absolute atomic E-state index is 5.69. The van der Waals surface area contributed by atoms with Crippen molar-refractivity contribution in [1.82, 2.24) is 24.6 Å². The van der Waals surface area contributed by atoms with E-state index < -0.39 is 0 Å². The molecule has 0 aliphatic carbocycles. The molecule has 1 aliphatic heterocycles. The topological polar surface area (TPSA) is 56.1 Å². The first-order chi connectivity index (χ1) is 12.7. The van der Waals surface area contributed by atoms with Crippen molar-refractivity contribution in [3.8, 4) is 11.6 Å². The molecule has 0 unspecified atom stereocenters. The van der Waals surface area contributed by atoms with E-state index in [1.54, 1.807) is 18.6 Å². The van der Waals surface area contributed by atoms with E-state index in [9.17, 15) is 0 Å². The molecular formula is C20H23N5O. The summed E-state index contributed by atoms with van der Waals surface area (Å²) in [5.74, 6) is 2.02. The highest BCUT2D eigenvalue weighted by molar-refractivity contribution is 5.30. The number of aryl methyl sites for hydroxylation is 1. The van der Waals surface area contributed by atoms with Crippen LogP contribution in [0.2, 0.25) is 0 Å². The molecule has 0 spiro atoms. The first kappa shape index (κ1) is 16.7. The van der Waals surface area contributed by atoms with Crippen LogP contribution < -0.4 is 4.74 Å². The second-order valence-corrected chi connectivity index (χ2v) is 6.91. The van der Waals surface area contributed by atoms with E-state index in [1.807, 2.05) is 30.1 Å². The van der Waals surface area contributed by atoms with Crippen LogP contribution in [0.5, 0.6) is 11.6 Å². The van der Waals surface area contributed by atoms with Crippen LogP contribution in [0.4, 0.5) is 0 Å². The van der Waals surface area contributed by atoms with E-state index in [1.165, 1.54) is 17.5 Å². The van der Waals surface area contributed by atoms with Gasteiger partial charge in [0.05, 0.1) is 12.4 Å². The van der Waals surface area contributed by atoms with Gasteiger partial charge in [0, 0.05) is 38.7 Å². The molecule has 1 atom stereocenters. The molecule has 0 radical (unpaired) electrons. The third kappa shape index (κ3) is 4.26. The van der Waals surface area contributed by atoms with Crippen molar-refractivity contribution >= 4 is 0 Å². The Kier molecular flexibility index (Phi) is 4.93. The van der Waals surface area contributed by atoms with Crippen LogP contribution in [0.25, 0.3) is 0 Å². The molecule has 1 saturated heterocycles. The van der Waals surface area contributed by atoms with Gasteiger partial charge in [0.15, 0.2) is 0 Å². The summed E-state index contributed by atoms with van der Waals surface area (Å²) < 4.78 is 7.58. The van der Waals surface area contributed by atoms with Crippen molar-refractivity contribution in [1.29, 1.82) is 0 Å². The molecule has 0 saturated carbocycles. The number of aromatic nitrogens is 4. The van der Waals surface area contributed by atoms with Gasteiger partial charge in [-0.3, -0.25) is 14.6 Å². The second kappa shape index (κ2) is 7.66. The lowest BCUT2D eigenvalue weighted by Gasteiger charge is -2.16. The van der Waals surface area contributed by atoms with Gasteiger partial charge in [-0.1, -0.05) is 12.1 Å². The van der Waals surface area contributed by atoms with Gasteiger partial charge < -0.3 is 4.74 Å². The largest absolute Gasteiger partial charge is 0.438 e. The predicted octanol–water partition coefficient (Wildman–Crippen LogP) is 3.07. The van der Waals surface area contributed by atoms with Gasteiger partial charge in [0.1, 0.15) is 5.75 Å². The van der Waals surface area contributed by atoms with Crippen LogP contribution in [0.15, 0.2) is 55.2 Å². The third-order valence-electron chi connectivity index (χ3n) is 4.74. The molecule has 6 nitrogen and oxygen atoms in total. The zero-order chi connectivity index (χ0) is 17.8. The van der Waals surface area contributed by atoms with Crippen LogP contribution in [-0.2, 0) is 20.0 Å². The van der Waals surface area contributed by atoms with Crippen molar-refractivity contribution in [2.45, 2.75) is 19.4 Å². The fourth-order valence-corrected chi connectivity index (χ4v) is 3.51. The molecule has 0 bridgehead atoms. The van der Waals surface area contributed by atoms with E-state index in [2.05, 4.69) is 38.3 Å². The zero-order valence-corrected chi connectivity index (χ0v) is 15.0. The Morgan fingerprint density at radius 2 is 2.00 bits per heavy atom. The third-order valence-corrected chi connectivity index (χ3v) is 4.74. The summed E-state index contributed by atoms with van der Waals surface area (Å²) in [6, 6.07) is 8.24. The summed E-state index contributed by atoms with van der Waals surface area (Å²) in [5.41, 5.74) is 2.64. The molecule has 1 aromatic carbocycles. The molecule has 26 heavy (non-hydrogen) atoms. The quantitative estimate of drug-likeness (QED) is 0.684. The SMILES string of the molecule is Cn1cc(C[C@@H]2CCN(Cc3ccc(Oc4cnccn4)cc3)C2)cn1. The lowest BCUT2D eigenvalue weighted by Crippen LogP contribution is -2.20. The molecule has 134 valence electrons. The Morgan fingerprint density at radius 3 is 2.73 bits per heavy atom. The number of benzene rings is 1. The van der Waals surface area contributed by atoms with Gasteiger partial charge in [0.25, 0.3) is 0 Å². The molecule has 4 rings (SSSR count). The minimum atomic E-state index is 0.512. The lowest BCUT2D eigenvalue weighted by molar-refractivity contribution is 0.316. The van der Waals surface area contributed by atoms with Gasteiger partial charge >= 0.3 is 0 Å². The Balaban J connectivity index is 1.29. The van der Waals surface area contributed by atoms with Crippen molar-refractivity contribution in [3.05, 3.63) is 66.4 Å². The second-order valence-electron chi connectivity index (χ2n) is 6.91. The van der Waals surface area contributed by atoms with Gasteiger partial charge in [-0.05, 0) is 48.6 Å². The highest BCUT2D eigenvalue weighted by Crippen LogP contribution is 2.24. The predicted molar refractivity (Wildman–Crippen MR) is 98.8 cm³/mol. The Hall–Kier alpha value is -2.73. The molecule has 3 heterocycles. The number of likely N-dealkylation sites (tertiary alicyclic amines) is 1. The van der Waals surface area contributed by atoms with E-state index in [4.69, 9.17) is 4.74 Å². The molecule has 6 heteroatoms. The van der Waals surface area contributed by atoms with Gasteiger partial charge in [-0.15, -0.1) is 0 Å². The van der Waals surface area contributed by atoms with E-state index >= 15 is 0 Å². The number of hydrogen-bond donors (Lipinski definition) is 0. The molecule has 0 amide bonds. The van der Waals surface area contributed by atoms with Crippen LogP contribution in [0.1, 0.15) is 17.5 Å². The van der Waals surface area contributed by atoms with E-state index in [-0.39, 0.29) is 0 Å². The van der Waals surface area contributed by atoms with Gasteiger partial charge in [-0.25, -0.2) is 4.98 Å². The van der Waals surface area contributed by atoms with Crippen molar-refractivity contribution in [3.63, 3.8) is 0 Å². The summed E-state index contributed by atoms with van der Waals surface area (Å²) in [6.45, 7) is 3.28. The average Bonchev–Trinajstić information content (AvgIpc) is 3.27. The van der Waals surface area contributed by atoms with E-state index in [0.717, 1.165) is 37.7 Å². The van der Waals surface area contributed by atoms with Crippen LogP contribution in [-0.4, -0.2) is 37.7 Å². The summed E-state index contributed by atoms with van der Waals surface area (Å²) in [4.78, 5) is 10.7. The van der Waals surface area contributed by atoms with Crippen LogP contribution in [0.3, 0.4) is 0 Å². The monoisotopic (exact) mass is 349 g/mol. The van der Waals surface area contributed by atoms with Crippen molar-refractivity contribution in [2.75, 3.05) is 13.1 Å². The minimum absolute atomic E-state index is 0.512. The zero-order valence-electron chi connectivity index (χ0n) is 15.0. The molecular weight excluding hydrogens is 326 g/mol. The molecule has 3 aromatic rings. The van der Waals surface area contributed by atoms with Crippen molar-refractivity contribution in [2.24, 2.45) is 13.0 Å². The maximum atomic E-state index is 5.69. The first-order valence-corrected chi connectivity index (χ1v) is 8.97. The Bertz CT molecular complexity index is 831. The fourth-order valence-electron chi connectivity index (χ4n) is 3.51.